The van der Waals surface area contributed by atoms with Crippen LogP contribution in [0.5, 0.6) is 0 Å². The molecular weight excluding hydrogens is 140 g/mol. The zero-order valence-electron chi connectivity index (χ0n) is 7.48. The summed E-state index contributed by atoms with van der Waals surface area (Å²) in [5.41, 5.74) is -0.00984. The van der Waals surface area contributed by atoms with Gasteiger partial charge in [-0.1, -0.05) is 0 Å². The number of carbonyl (C=O) groups is 1. The lowest BCUT2D eigenvalue weighted by Gasteiger charge is -2.42. The highest BCUT2D eigenvalue weighted by molar-refractivity contribution is 5.74. The van der Waals surface area contributed by atoms with Gasteiger partial charge in [0.2, 0.25) is 5.91 Å². The Kier molecular flexibility index (Phi) is 2.18. The first-order valence-corrected chi connectivity index (χ1v) is 4.03. The van der Waals surface area contributed by atoms with Gasteiger partial charge in [0.15, 0.2) is 0 Å². The number of carbonyl (C=O) groups excluding carboxylic acids is 1. The van der Waals surface area contributed by atoms with Crippen LogP contribution >= 0.6 is 0 Å². The first kappa shape index (κ1) is 8.53. The van der Waals surface area contributed by atoms with Gasteiger partial charge >= 0.3 is 0 Å². The normalized spacial score (nSPS) is 23.4. The van der Waals surface area contributed by atoms with Crippen LogP contribution in [0.15, 0.2) is 0 Å². The lowest BCUT2D eigenvalue weighted by atomic mass is 10.0. The molecule has 0 unspecified atom stereocenters. The van der Waals surface area contributed by atoms with Gasteiger partial charge < -0.3 is 10.2 Å². The van der Waals surface area contributed by atoms with E-state index in [1.807, 2.05) is 4.90 Å². The third-order valence-electron chi connectivity index (χ3n) is 2.18. The zero-order valence-corrected chi connectivity index (χ0v) is 7.48. The van der Waals surface area contributed by atoms with Gasteiger partial charge in [-0.25, -0.2) is 0 Å². The maximum absolute atomic E-state index is 11.1. The average molecular weight is 156 g/mol. The van der Waals surface area contributed by atoms with Crippen molar-refractivity contribution < 1.29 is 4.79 Å². The van der Waals surface area contributed by atoms with E-state index in [-0.39, 0.29) is 11.4 Å². The van der Waals surface area contributed by atoms with Crippen molar-refractivity contribution >= 4 is 5.91 Å². The highest BCUT2D eigenvalue weighted by atomic mass is 16.2. The highest BCUT2D eigenvalue weighted by Crippen LogP contribution is 2.15. The summed E-state index contributed by atoms with van der Waals surface area (Å²) in [5, 5.41) is 3.27. The molecule has 1 aliphatic rings. The molecule has 3 heteroatoms. The molecule has 64 valence electrons. The van der Waals surface area contributed by atoms with Gasteiger partial charge in [0.05, 0.1) is 0 Å². The first-order valence-electron chi connectivity index (χ1n) is 4.03. The van der Waals surface area contributed by atoms with Crippen molar-refractivity contribution in [2.45, 2.75) is 26.3 Å². The van der Waals surface area contributed by atoms with Crippen molar-refractivity contribution in [3.05, 3.63) is 0 Å². The van der Waals surface area contributed by atoms with E-state index in [1.54, 1.807) is 6.92 Å². The van der Waals surface area contributed by atoms with Crippen LogP contribution in [0.1, 0.15) is 20.8 Å². The van der Waals surface area contributed by atoms with E-state index in [1.165, 1.54) is 0 Å². The van der Waals surface area contributed by atoms with Crippen LogP contribution in [0.3, 0.4) is 0 Å². The summed E-state index contributed by atoms with van der Waals surface area (Å²) in [4.78, 5) is 13.0. The number of nitrogens with one attached hydrogen (secondary N) is 1. The second-order valence-electron chi connectivity index (χ2n) is 3.66. The minimum Gasteiger partial charge on any atom is -0.335 e. The summed E-state index contributed by atoms with van der Waals surface area (Å²) in [6.45, 7) is 8.45. The number of amides is 1. The Labute approximate surface area is 67.8 Å². The van der Waals surface area contributed by atoms with E-state index >= 15 is 0 Å². The maximum atomic E-state index is 11.1. The van der Waals surface area contributed by atoms with Crippen molar-refractivity contribution in [3.63, 3.8) is 0 Å². The largest absolute Gasteiger partial charge is 0.335 e. The lowest BCUT2D eigenvalue weighted by molar-refractivity contribution is -0.135. The second-order valence-corrected chi connectivity index (χ2v) is 3.66. The molecule has 0 saturated carbocycles. The molecular formula is C8H16N2O. The Morgan fingerprint density at radius 3 is 2.55 bits per heavy atom. The summed E-state index contributed by atoms with van der Waals surface area (Å²) >= 11 is 0. The third kappa shape index (κ3) is 1.71. The zero-order chi connectivity index (χ0) is 8.48. The van der Waals surface area contributed by atoms with Gasteiger partial charge in [0.1, 0.15) is 0 Å². The highest BCUT2D eigenvalue weighted by Gasteiger charge is 2.30. The topological polar surface area (TPSA) is 32.3 Å². The quantitative estimate of drug-likeness (QED) is 0.544. The number of nitrogens with zero attached hydrogens (tertiary/aromatic N) is 1. The molecule has 1 aliphatic heterocycles. The predicted molar refractivity (Wildman–Crippen MR) is 44.3 cm³/mol. The lowest BCUT2D eigenvalue weighted by Crippen LogP contribution is -2.59. The van der Waals surface area contributed by atoms with E-state index in [9.17, 15) is 4.79 Å². The summed E-state index contributed by atoms with van der Waals surface area (Å²) in [6.07, 6.45) is 0. The molecule has 0 aromatic rings. The fourth-order valence-electron chi connectivity index (χ4n) is 1.57. The van der Waals surface area contributed by atoms with Crippen LogP contribution in [-0.4, -0.2) is 36.0 Å². The molecule has 1 N–H and O–H groups in total. The van der Waals surface area contributed by atoms with E-state index in [2.05, 4.69) is 19.2 Å². The molecule has 0 aromatic heterocycles. The smallest absolute Gasteiger partial charge is 0.219 e. The molecule has 1 amide bonds. The summed E-state index contributed by atoms with van der Waals surface area (Å²) in [6, 6.07) is 0. The van der Waals surface area contributed by atoms with Gasteiger partial charge in [-0.3, -0.25) is 4.79 Å². The molecule has 0 aromatic carbocycles. The SMILES string of the molecule is CC(=O)N1CCNCC1(C)C. The van der Waals surface area contributed by atoms with E-state index in [0.29, 0.717) is 0 Å². The van der Waals surface area contributed by atoms with Crippen LogP contribution in [0.25, 0.3) is 0 Å². The van der Waals surface area contributed by atoms with Gasteiger partial charge in [0, 0.05) is 32.1 Å². The monoisotopic (exact) mass is 156 g/mol. The van der Waals surface area contributed by atoms with Crippen LogP contribution in [0.4, 0.5) is 0 Å². The molecule has 1 rings (SSSR count). The van der Waals surface area contributed by atoms with Crippen molar-refractivity contribution in [3.8, 4) is 0 Å². The number of hydrogen-bond acceptors (Lipinski definition) is 2. The molecule has 1 fully saturated rings. The molecule has 3 nitrogen and oxygen atoms in total. The third-order valence-corrected chi connectivity index (χ3v) is 2.18. The standard InChI is InChI=1S/C8H16N2O/c1-7(11)10-5-4-9-6-8(10,2)3/h9H,4-6H2,1-3H3. The van der Waals surface area contributed by atoms with Crippen LogP contribution in [0.2, 0.25) is 0 Å². The van der Waals surface area contributed by atoms with Crippen LogP contribution in [0, 0.1) is 0 Å². The van der Waals surface area contributed by atoms with E-state index in [4.69, 9.17) is 0 Å². The maximum Gasteiger partial charge on any atom is 0.219 e. The van der Waals surface area contributed by atoms with Crippen LogP contribution < -0.4 is 5.32 Å². The summed E-state index contributed by atoms with van der Waals surface area (Å²) in [5.74, 6) is 0.177. The second kappa shape index (κ2) is 2.81. The first-order chi connectivity index (χ1) is 5.04. The van der Waals surface area contributed by atoms with Crippen molar-refractivity contribution in [1.82, 2.24) is 10.2 Å². The average Bonchev–Trinajstić information content (AvgIpc) is 1.85. The van der Waals surface area contributed by atoms with Gasteiger partial charge in [-0.05, 0) is 13.8 Å². The Bertz CT molecular complexity index is 165. The predicted octanol–water partition coefficient (Wildman–Crippen LogP) is 0.217. The van der Waals surface area contributed by atoms with Crippen molar-refractivity contribution in [2.24, 2.45) is 0 Å². The summed E-state index contributed by atoms with van der Waals surface area (Å²) < 4.78 is 0. The minimum absolute atomic E-state index is 0.00984. The molecule has 11 heavy (non-hydrogen) atoms. The Morgan fingerprint density at radius 2 is 2.18 bits per heavy atom. The van der Waals surface area contributed by atoms with Crippen LogP contribution in [-0.2, 0) is 4.79 Å². The number of piperazine rings is 1. The Balaban J connectivity index is 2.67. The van der Waals surface area contributed by atoms with Crippen molar-refractivity contribution in [1.29, 1.82) is 0 Å². The summed E-state index contributed by atoms with van der Waals surface area (Å²) in [7, 11) is 0. The minimum atomic E-state index is -0.00984. The Morgan fingerprint density at radius 1 is 1.55 bits per heavy atom. The fourth-order valence-corrected chi connectivity index (χ4v) is 1.57. The fraction of sp³-hybridized carbons (Fsp3) is 0.875. The van der Waals surface area contributed by atoms with Gasteiger partial charge in [0.25, 0.3) is 0 Å². The van der Waals surface area contributed by atoms with E-state index < -0.39 is 0 Å². The molecule has 0 bridgehead atoms. The number of hydrogen-bond donors (Lipinski definition) is 1. The molecule has 1 saturated heterocycles. The number of rotatable bonds is 0. The molecule has 0 aliphatic carbocycles. The van der Waals surface area contributed by atoms with Crippen molar-refractivity contribution in [2.75, 3.05) is 19.6 Å². The molecule has 0 radical (unpaired) electrons. The molecule has 0 atom stereocenters. The molecule has 0 spiro atoms. The molecule has 1 heterocycles. The Hall–Kier alpha value is -0.570. The van der Waals surface area contributed by atoms with Gasteiger partial charge in [-0.15, -0.1) is 0 Å². The van der Waals surface area contributed by atoms with Gasteiger partial charge in [-0.2, -0.15) is 0 Å². The van der Waals surface area contributed by atoms with E-state index in [0.717, 1.165) is 19.6 Å².